The molecule has 4 atom stereocenters. The van der Waals surface area contributed by atoms with Gasteiger partial charge in [-0.25, -0.2) is 4.79 Å². The Morgan fingerprint density at radius 3 is 2.44 bits per heavy atom. The number of alkyl halides is 2. The highest BCUT2D eigenvalue weighted by Gasteiger charge is 2.49. The molecule has 226 valence electrons. The third-order valence-electron chi connectivity index (χ3n) is 8.26. The Bertz CT molecular complexity index is 1550. The topological polar surface area (TPSA) is 107 Å². The van der Waals surface area contributed by atoms with Crippen molar-refractivity contribution in [2.75, 3.05) is 6.54 Å². The Hall–Kier alpha value is -3.53. The van der Waals surface area contributed by atoms with Gasteiger partial charge in [-0.1, -0.05) is 78.5 Å². The van der Waals surface area contributed by atoms with Gasteiger partial charge in [0.1, 0.15) is 0 Å². The van der Waals surface area contributed by atoms with E-state index in [4.69, 9.17) is 28.3 Å². The van der Waals surface area contributed by atoms with Crippen molar-refractivity contribution in [2.45, 2.75) is 62.1 Å². The molecule has 3 aromatic rings. The average Bonchev–Trinajstić information content (AvgIpc) is 2.98. The van der Waals surface area contributed by atoms with Gasteiger partial charge in [0.15, 0.2) is 0 Å². The fraction of sp³-hybridized carbons (Fsp3) is 0.344. The van der Waals surface area contributed by atoms with Crippen LogP contribution in [0, 0.1) is 0 Å². The second-order valence-electron chi connectivity index (χ2n) is 10.9. The molecule has 5 rings (SSSR count). The molecule has 0 aromatic heterocycles. The van der Waals surface area contributed by atoms with Crippen molar-refractivity contribution in [2.24, 2.45) is 0 Å². The van der Waals surface area contributed by atoms with Crippen molar-refractivity contribution >= 4 is 41.0 Å². The molecule has 0 bridgehead atoms. The van der Waals surface area contributed by atoms with E-state index in [2.05, 4.69) is 5.32 Å². The van der Waals surface area contributed by atoms with Gasteiger partial charge >= 0.3 is 11.9 Å². The number of aliphatic carboxylic acids is 1. The number of nitrogens with one attached hydrogen (secondary N) is 1. The lowest BCUT2D eigenvalue weighted by molar-refractivity contribution is -0.166. The summed E-state index contributed by atoms with van der Waals surface area (Å²) in [7, 11) is 0. The van der Waals surface area contributed by atoms with Crippen LogP contribution in [0.2, 0.25) is 10.0 Å². The van der Waals surface area contributed by atoms with E-state index in [1.165, 1.54) is 6.07 Å². The number of nitrogens with zero attached hydrogens (tertiary/aromatic N) is 1. The summed E-state index contributed by atoms with van der Waals surface area (Å²) in [4.78, 5) is 40.7. The lowest BCUT2D eigenvalue weighted by Crippen LogP contribution is -2.55. The zero-order valence-electron chi connectivity index (χ0n) is 23.0. The van der Waals surface area contributed by atoms with Gasteiger partial charge < -0.3 is 20.4 Å². The summed E-state index contributed by atoms with van der Waals surface area (Å²) in [6.07, 6.45) is 2.09. The molecular weight excluding hydrogens is 601 g/mol. The first kappa shape index (κ1) is 30.9. The molecule has 0 spiro atoms. The number of aliphatic hydroxyl groups is 1. The van der Waals surface area contributed by atoms with E-state index in [-0.39, 0.29) is 23.9 Å². The number of halogens is 4. The summed E-state index contributed by atoms with van der Waals surface area (Å²) in [6, 6.07) is 15.4. The number of fused-ring (bicyclic) bond motifs is 1. The van der Waals surface area contributed by atoms with E-state index in [1.807, 2.05) is 0 Å². The van der Waals surface area contributed by atoms with E-state index in [0.29, 0.717) is 40.1 Å². The minimum absolute atomic E-state index is 0.0562. The van der Waals surface area contributed by atoms with E-state index >= 15 is 0 Å². The van der Waals surface area contributed by atoms with Crippen molar-refractivity contribution in [3.63, 3.8) is 0 Å². The van der Waals surface area contributed by atoms with E-state index in [9.17, 15) is 28.3 Å². The Morgan fingerprint density at radius 1 is 0.977 bits per heavy atom. The van der Waals surface area contributed by atoms with Crippen molar-refractivity contribution < 1.29 is 33.4 Å². The number of hydrogen-bond donors (Lipinski definition) is 3. The van der Waals surface area contributed by atoms with Crippen LogP contribution >= 0.6 is 23.2 Å². The highest BCUT2D eigenvalue weighted by molar-refractivity contribution is 6.35. The molecule has 7 nitrogen and oxygen atoms in total. The van der Waals surface area contributed by atoms with Crippen LogP contribution in [0.3, 0.4) is 0 Å². The first-order valence-corrected chi connectivity index (χ1v) is 14.8. The normalized spacial score (nSPS) is 22.2. The van der Waals surface area contributed by atoms with Gasteiger partial charge in [0, 0.05) is 27.7 Å². The first-order chi connectivity index (χ1) is 20.5. The number of amides is 2. The lowest BCUT2D eigenvalue weighted by atomic mass is 9.76. The lowest BCUT2D eigenvalue weighted by Gasteiger charge is -2.48. The number of aliphatic hydroxyl groups excluding tert-OH is 1. The molecule has 0 unspecified atom stereocenters. The summed E-state index contributed by atoms with van der Waals surface area (Å²) < 4.78 is 28.1. The predicted molar refractivity (Wildman–Crippen MR) is 158 cm³/mol. The molecule has 0 saturated heterocycles. The van der Waals surface area contributed by atoms with Gasteiger partial charge in [-0.15, -0.1) is 0 Å². The molecule has 1 aliphatic carbocycles. The molecule has 1 aliphatic heterocycles. The van der Waals surface area contributed by atoms with Crippen molar-refractivity contribution in [3.05, 3.63) is 105 Å². The Morgan fingerprint density at radius 2 is 1.72 bits per heavy atom. The van der Waals surface area contributed by atoms with Gasteiger partial charge in [0.2, 0.25) is 5.91 Å². The standard InChI is InChI=1S/C32H30Cl2F2N2O5/c33-20-12-13-23(24(34)17-20)28-27(29(40)37-15-14-18-6-5-7-19(16-18)32(35,36)31(42)43)21-8-1-2-9-22(21)30(41)38(28)25-10-3-4-11-26(25)39/h1-2,5-9,12-13,16-17,25-28,39H,3-4,10-11,14-15H2,(H,37,40)(H,42,43)/t25-,26-,27+,28-/m0/s1. The molecular formula is C32H30Cl2F2N2O5. The zero-order valence-corrected chi connectivity index (χ0v) is 24.5. The highest BCUT2D eigenvalue weighted by atomic mass is 35.5. The molecule has 43 heavy (non-hydrogen) atoms. The van der Waals surface area contributed by atoms with Crippen LogP contribution in [-0.2, 0) is 21.9 Å². The quantitative estimate of drug-likeness (QED) is 0.278. The van der Waals surface area contributed by atoms with Crippen LogP contribution in [0.25, 0.3) is 0 Å². The highest BCUT2D eigenvalue weighted by Crippen LogP contribution is 2.47. The third-order valence-corrected chi connectivity index (χ3v) is 8.82. The summed E-state index contributed by atoms with van der Waals surface area (Å²) in [5, 5.41) is 23.5. The van der Waals surface area contributed by atoms with Crippen LogP contribution in [0.5, 0.6) is 0 Å². The van der Waals surface area contributed by atoms with Crippen LogP contribution in [0.1, 0.15) is 70.3 Å². The summed E-state index contributed by atoms with van der Waals surface area (Å²) in [5.41, 5.74) is 1.14. The third kappa shape index (κ3) is 6.12. The van der Waals surface area contributed by atoms with Crippen molar-refractivity contribution in [1.82, 2.24) is 10.2 Å². The molecule has 2 aliphatic rings. The fourth-order valence-corrected chi connectivity index (χ4v) is 6.69. The Kier molecular flexibility index (Phi) is 9.06. The van der Waals surface area contributed by atoms with E-state index < -0.39 is 47.5 Å². The van der Waals surface area contributed by atoms with Crippen LogP contribution in [-0.4, -0.2) is 51.6 Å². The average molecular weight is 632 g/mol. The Balaban J connectivity index is 1.50. The van der Waals surface area contributed by atoms with Crippen LogP contribution in [0.15, 0.2) is 66.7 Å². The number of carboxylic acid groups (broad SMARTS) is 1. The predicted octanol–water partition coefficient (Wildman–Crippen LogP) is 6.11. The van der Waals surface area contributed by atoms with E-state index in [0.717, 1.165) is 25.0 Å². The second kappa shape index (κ2) is 12.6. The maximum atomic E-state index is 14.1. The fourth-order valence-electron chi connectivity index (χ4n) is 6.17. The molecule has 1 heterocycles. The number of carboxylic acids is 1. The summed E-state index contributed by atoms with van der Waals surface area (Å²) in [5.74, 6) is -7.93. The van der Waals surface area contributed by atoms with Gasteiger partial charge in [0.05, 0.1) is 24.1 Å². The minimum Gasteiger partial charge on any atom is -0.477 e. The monoisotopic (exact) mass is 630 g/mol. The molecule has 2 amide bonds. The maximum absolute atomic E-state index is 14.1. The molecule has 0 radical (unpaired) electrons. The minimum atomic E-state index is -4.05. The molecule has 3 aromatic carbocycles. The zero-order chi connectivity index (χ0) is 30.9. The first-order valence-electron chi connectivity index (χ1n) is 14.0. The smallest absolute Gasteiger partial charge is 0.379 e. The summed E-state index contributed by atoms with van der Waals surface area (Å²) in [6.45, 7) is 0.0562. The molecule has 11 heteroatoms. The molecule has 3 N–H and O–H groups in total. The van der Waals surface area contributed by atoms with Gasteiger partial charge in [-0.2, -0.15) is 8.78 Å². The second-order valence-corrected chi connectivity index (χ2v) is 11.8. The van der Waals surface area contributed by atoms with Crippen molar-refractivity contribution in [3.8, 4) is 0 Å². The Labute approximate surface area is 257 Å². The summed E-state index contributed by atoms with van der Waals surface area (Å²) >= 11 is 12.9. The molecule has 1 fully saturated rings. The van der Waals surface area contributed by atoms with Gasteiger partial charge in [-0.05, 0) is 60.2 Å². The molecule has 1 saturated carbocycles. The van der Waals surface area contributed by atoms with Gasteiger partial charge in [-0.3, -0.25) is 9.59 Å². The van der Waals surface area contributed by atoms with Crippen LogP contribution in [0.4, 0.5) is 8.78 Å². The van der Waals surface area contributed by atoms with Crippen LogP contribution < -0.4 is 5.32 Å². The number of hydrogen-bond acceptors (Lipinski definition) is 4. The number of carbonyl (C=O) groups excluding carboxylic acids is 2. The maximum Gasteiger partial charge on any atom is 0.379 e. The van der Waals surface area contributed by atoms with Gasteiger partial charge in [0.25, 0.3) is 5.91 Å². The number of rotatable bonds is 8. The number of benzene rings is 3. The van der Waals surface area contributed by atoms with E-state index in [1.54, 1.807) is 53.4 Å². The number of carbonyl (C=O) groups is 3. The van der Waals surface area contributed by atoms with Crippen molar-refractivity contribution in [1.29, 1.82) is 0 Å². The SMILES string of the molecule is O=C(NCCc1cccc(C(F)(F)C(=O)O)c1)[C@@H]1c2ccccc2C(=O)N([C@H]2CCCC[C@@H]2O)[C@H]1c1ccc(Cl)cc1Cl. The largest absolute Gasteiger partial charge is 0.477 e.